The highest BCUT2D eigenvalue weighted by atomic mass is 19.1. The van der Waals surface area contributed by atoms with E-state index in [0.717, 1.165) is 30.9 Å². The van der Waals surface area contributed by atoms with Crippen molar-refractivity contribution in [2.45, 2.75) is 52.0 Å². The third-order valence-corrected chi connectivity index (χ3v) is 3.81. The number of unbranched alkanes of at least 4 members (excludes halogenated alkanes) is 1. The Morgan fingerprint density at radius 1 is 1.33 bits per heavy atom. The molecule has 1 unspecified atom stereocenters. The molecule has 1 aliphatic carbocycles. The largest absolute Gasteiger partial charge is 0.310 e. The summed E-state index contributed by atoms with van der Waals surface area (Å²) in [7, 11) is 0. The molecule has 0 aromatic heterocycles. The number of nitrogens with one attached hydrogen (secondary N) is 1. The molecular formula is C16H24FN. The Hall–Kier alpha value is -0.890. The average molecular weight is 249 g/mol. The van der Waals surface area contributed by atoms with Gasteiger partial charge in [0.15, 0.2) is 0 Å². The molecule has 0 bridgehead atoms. The van der Waals surface area contributed by atoms with Crippen LogP contribution < -0.4 is 5.32 Å². The summed E-state index contributed by atoms with van der Waals surface area (Å²) in [5.41, 5.74) is 2.11. The molecule has 1 atom stereocenters. The summed E-state index contributed by atoms with van der Waals surface area (Å²) in [4.78, 5) is 0. The SMILES string of the molecule is CC(C)CCCCNC1CCc2c(F)cccc21. The third-order valence-electron chi connectivity index (χ3n) is 3.81. The molecule has 18 heavy (non-hydrogen) atoms. The van der Waals surface area contributed by atoms with Crippen LogP contribution in [0.3, 0.4) is 0 Å². The van der Waals surface area contributed by atoms with Crippen LogP contribution in [0.5, 0.6) is 0 Å². The molecule has 0 amide bonds. The van der Waals surface area contributed by atoms with E-state index in [9.17, 15) is 4.39 Å². The lowest BCUT2D eigenvalue weighted by Gasteiger charge is -2.14. The number of hydrogen-bond acceptors (Lipinski definition) is 1. The minimum absolute atomic E-state index is 0.0309. The topological polar surface area (TPSA) is 12.0 Å². The van der Waals surface area contributed by atoms with Crippen LogP contribution in [0.4, 0.5) is 4.39 Å². The fraction of sp³-hybridized carbons (Fsp3) is 0.625. The first-order valence-electron chi connectivity index (χ1n) is 7.19. The van der Waals surface area contributed by atoms with Crippen LogP contribution in [-0.4, -0.2) is 6.54 Å². The van der Waals surface area contributed by atoms with E-state index < -0.39 is 0 Å². The highest BCUT2D eigenvalue weighted by molar-refractivity contribution is 5.35. The van der Waals surface area contributed by atoms with Crippen molar-refractivity contribution in [3.63, 3.8) is 0 Å². The van der Waals surface area contributed by atoms with Gasteiger partial charge in [0.1, 0.15) is 5.82 Å². The Morgan fingerprint density at radius 2 is 2.17 bits per heavy atom. The molecule has 1 aromatic carbocycles. The van der Waals surface area contributed by atoms with Gasteiger partial charge in [-0.1, -0.05) is 38.8 Å². The molecule has 2 heteroatoms. The van der Waals surface area contributed by atoms with Gasteiger partial charge in [-0.05, 0) is 48.9 Å². The molecule has 1 aliphatic rings. The van der Waals surface area contributed by atoms with Crippen molar-refractivity contribution in [3.05, 3.63) is 35.1 Å². The minimum atomic E-state index is -0.0309. The molecule has 0 spiro atoms. The molecule has 0 saturated heterocycles. The van der Waals surface area contributed by atoms with Crippen molar-refractivity contribution < 1.29 is 4.39 Å². The number of hydrogen-bond donors (Lipinski definition) is 1. The van der Waals surface area contributed by atoms with Crippen LogP contribution >= 0.6 is 0 Å². The first-order chi connectivity index (χ1) is 8.68. The summed E-state index contributed by atoms with van der Waals surface area (Å²) in [6.45, 7) is 5.58. The third kappa shape index (κ3) is 3.32. The molecule has 0 saturated carbocycles. The predicted molar refractivity (Wildman–Crippen MR) is 74.2 cm³/mol. The van der Waals surface area contributed by atoms with E-state index in [1.54, 1.807) is 6.07 Å². The van der Waals surface area contributed by atoms with E-state index in [1.807, 2.05) is 6.07 Å². The fourth-order valence-electron chi connectivity index (χ4n) is 2.78. The van der Waals surface area contributed by atoms with E-state index in [0.29, 0.717) is 6.04 Å². The first kappa shape index (κ1) is 13.5. The van der Waals surface area contributed by atoms with Crippen molar-refractivity contribution in [1.29, 1.82) is 0 Å². The fourth-order valence-corrected chi connectivity index (χ4v) is 2.78. The molecule has 1 aromatic rings. The standard InChI is InChI=1S/C16H24FN/c1-12(2)6-3-4-11-18-16-10-9-13-14(16)7-5-8-15(13)17/h5,7-8,12,16,18H,3-4,6,9-11H2,1-2H3. The number of rotatable bonds is 6. The second kappa shape index (κ2) is 6.33. The summed E-state index contributed by atoms with van der Waals surface area (Å²) in [5.74, 6) is 0.767. The zero-order valence-electron chi connectivity index (χ0n) is 11.5. The first-order valence-corrected chi connectivity index (χ1v) is 7.19. The van der Waals surface area contributed by atoms with Crippen molar-refractivity contribution in [2.24, 2.45) is 5.92 Å². The second-order valence-corrected chi connectivity index (χ2v) is 5.74. The van der Waals surface area contributed by atoms with Crippen LogP contribution in [0.15, 0.2) is 18.2 Å². The van der Waals surface area contributed by atoms with Crippen LogP contribution in [-0.2, 0) is 6.42 Å². The lowest BCUT2D eigenvalue weighted by molar-refractivity contribution is 0.482. The minimum Gasteiger partial charge on any atom is -0.310 e. The summed E-state index contributed by atoms with van der Waals surface area (Å²) in [6.07, 6.45) is 5.73. The van der Waals surface area contributed by atoms with Gasteiger partial charge in [0.05, 0.1) is 0 Å². The van der Waals surface area contributed by atoms with Gasteiger partial charge >= 0.3 is 0 Å². The zero-order chi connectivity index (χ0) is 13.0. The van der Waals surface area contributed by atoms with Crippen molar-refractivity contribution in [3.8, 4) is 0 Å². The van der Waals surface area contributed by atoms with Crippen molar-refractivity contribution in [1.82, 2.24) is 5.32 Å². The van der Waals surface area contributed by atoms with Gasteiger partial charge in [-0.3, -0.25) is 0 Å². The second-order valence-electron chi connectivity index (χ2n) is 5.74. The van der Waals surface area contributed by atoms with Crippen LogP contribution in [0, 0.1) is 11.7 Å². The maximum absolute atomic E-state index is 13.6. The highest BCUT2D eigenvalue weighted by Crippen LogP contribution is 2.32. The lowest BCUT2D eigenvalue weighted by atomic mass is 10.1. The maximum atomic E-state index is 13.6. The molecule has 1 N–H and O–H groups in total. The summed E-state index contributed by atoms with van der Waals surface area (Å²) >= 11 is 0. The van der Waals surface area contributed by atoms with Gasteiger partial charge in [0.25, 0.3) is 0 Å². The van der Waals surface area contributed by atoms with E-state index in [1.165, 1.54) is 24.8 Å². The Morgan fingerprint density at radius 3 is 2.94 bits per heavy atom. The molecule has 1 nitrogen and oxygen atoms in total. The smallest absolute Gasteiger partial charge is 0.126 e. The quantitative estimate of drug-likeness (QED) is 0.744. The lowest BCUT2D eigenvalue weighted by Crippen LogP contribution is -2.20. The summed E-state index contributed by atoms with van der Waals surface area (Å²) in [6, 6.07) is 5.84. The molecule has 0 heterocycles. The van der Waals surface area contributed by atoms with Gasteiger partial charge in [0, 0.05) is 6.04 Å². The molecule has 0 radical (unpaired) electrons. The van der Waals surface area contributed by atoms with E-state index in [4.69, 9.17) is 0 Å². The Balaban J connectivity index is 1.78. The number of halogens is 1. The van der Waals surface area contributed by atoms with Gasteiger partial charge in [-0.15, -0.1) is 0 Å². The monoisotopic (exact) mass is 249 g/mol. The van der Waals surface area contributed by atoms with Gasteiger partial charge in [0.2, 0.25) is 0 Å². The summed E-state index contributed by atoms with van der Waals surface area (Å²) < 4.78 is 13.6. The van der Waals surface area contributed by atoms with E-state index in [-0.39, 0.29) is 5.82 Å². The Kier molecular flexibility index (Phi) is 4.76. The van der Waals surface area contributed by atoms with E-state index >= 15 is 0 Å². The van der Waals surface area contributed by atoms with Gasteiger partial charge < -0.3 is 5.32 Å². The maximum Gasteiger partial charge on any atom is 0.126 e. The normalized spacial score (nSPS) is 18.3. The van der Waals surface area contributed by atoms with E-state index in [2.05, 4.69) is 25.2 Å². The van der Waals surface area contributed by atoms with Gasteiger partial charge in [-0.2, -0.15) is 0 Å². The van der Waals surface area contributed by atoms with Gasteiger partial charge in [-0.25, -0.2) is 4.39 Å². The number of fused-ring (bicyclic) bond motifs is 1. The van der Waals surface area contributed by atoms with Crippen molar-refractivity contribution in [2.75, 3.05) is 6.54 Å². The molecule has 0 aliphatic heterocycles. The van der Waals surface area contributed by atoms with Crippen molar-refractivity contribution >= 4 is 0 Å². The van der Waals surface area contributed by atoms with Crippen LogP contribution in [0.25, 0.3) is 0 Å². The van der Waals surface area contributed by atoms with Crippen LogP contribution in [0.2, 0.25) is 0 Å². The Labute approximate surface area is 110 Å². The van der Waals surface area contributed by atoms with Crippen LogP contribution in [0.1, 0.15) is 56.7 Å². The Bertz CT molecular complexity index is 387. The molecule has 0 fully saturated rings. The molecule has 2 rings (SSSR count). The molecular weight excluding hydrogens is 225 g/mol. The predicted octanol–water partition coefficient (Wildman–Crippen LogP) is 4.23. The highest BCUT2D eigenvalue weighted by Gasteiger charge is 2.23. The zero-order valence-corrected chi connectivity index (χ0v) is 11.5. The average Bonchev–Trinajstić information content (AvgIpc) is 2.73. The summed E-state index contributed by atoms with van der Waals surface area (Å²) in [5, 5.41) is 3.57. The number of benzene rings is 1. The molecule has 100 valence electrons.